The number of ether oxygens (including phenoxy) is 1. The zero-order valence-corrected chi connectivity index (χ0v) is 15.3. The maximum absolute atomic E-state index is 13.4. The molecule has 0 aromatic heterocycles. The number of rotatable bonds is 7. The first-order chi connectivity index (χ1) is 11.9. The van der Waals surface area contributed by atoms with Crippen LogP contribution in [0, 0.1) is 11.6 Å². The molecule has 0 radical (unpaired) electrons. The summed E-state index contributed by atoms with van der Waals surface area (Å²) in [6.45, 7) is 1.79. The molecule has 1 unspecified atom stereocenters. The van der Waals surface area contributed by atoms with Gasteiger partial charge in [-0.05, 0) is 48.9 Å². The lowest BCUT2D eigenvalue weighted by molar-refractivity contribution is -0.131. The number of halogens is 2. The Morgan fingerprint density at radius 1 is 1.16 bits per heavy atom. The third-order valence-corrected chi connectivity index (χ3v) is 5.06. The van der Waals surface area contributed by atoms with Gasteiger partial charge in [0.2, 0.25) is 5.91 Å². The molecule has 0 fully saturated rings. The standard InChI is InChI=1S/C19H21F2NO2S/c1-13(14-4-9-17(20)18(21)12-14)22(2)19(23)10-11-25-16-7-5-15(24-3)6-8-16/h4-9,12-13H,10-11H2,1-3H3. The SMILES string of the molecule is COc1ccc(SCCC(=O)N(C)C(C)c2ccc(F)c(F)c2)cc1. The molecule has 3 nitrogen and oxygen atoms in total. The Kier molecular flexibility index (Phi) is 6.82. The molecule has 0 aliphatic carbocycles. The van der Waals surface area contributed by atoms with E-state index in [9.17, 15) is 13.6 Å². The first-order valence-corrected chi connectivity index (χ1v) is 8.88. The minimum absolute atomic E-state index is 0.0433. The lowest BCUT2D eigenvalue weighted by Gasteiger charge is -2.25. The molecule has 0 aliphatic rings. The number of hydrogen-bond donors (Lipinski definition) is 0. The van der Waals surface area contributed by atoms with Crippen LogP contribution in [0.1, 0.15) is 24.9 Å². The second-order valence-electron chi connectivity index (χ2n) is 5.63. The van der Waals surface area contributed by atoms with Crippen LogP contribution in [0.3, 0.4) is 0 Å². The lowest BCUT2D eigenvalue weighted by atomic mass is 10.1. The van der Waals surface area contributed by atoms with Crippen molar-refractivity contribution in [3.05, 3.63) is 59.7 Å². The second kappa shape index (κ2) is 8.85. The van der Waals surface area contributed by atoms with Crippen LogP contribution in [-0.2, 0) is 4.79 Å². The van der Waals surface area contributed by atoms with Gasteiger partial charge in [0, 0.05) is 24.1 Å². The van der Waals surface area contributed by atoms with E-state index in [2.05, 4.69) is 0 Å². The third-order valence-electron chi connectivity index (χ3n) is 4.04. The van der Waals surface area contributed by atoms with Crippen molar-refractivity contribution in [1.29, 1.82) is 0 Å². The fourth-order valence-corrected chi connectivity index (χ4v) is 3.16. The Morgan fingerprint density at radius 3 is 2.44 bits per heavy atom. The molecule has 1 amide bonds. The normalized spacial score (nSPS) is 11.9. The van der Waals surface area contributed by atoms with E-state index in [4.69, 9.17) is 4.74 Å². The fraction of sp³-hybridized carbons (Fsp3) is 0.316. The Morgan fingerprint density at radius 2 is 1.84 bits per heavy atom. The Labute approximate surface area is 151 Å². The van der Waals surface area contributed by atoms with E-state index in [1.807, 2.05) is 24.3 Å². The molecule has 0 spiro atoms. The number of amides is 1. The van der Waals surface area contributed by atoms with Gasteiger partial charge in [-0.25, -0.2) is 8.78 Å². The molecular formula is C19H21F2NO2S. The minimum atomic E-state index is -0.903. The van der Waals surface area contributed by atoms with Gasteiger partial charge in [-0.3, -0.25) is 4.79 Å². The average Bonchev–Trinajstić information content (AvgIpc) is 2.63. The molecule has 0 bridgehead atoms. The van der Waals surface area contributed by atoms with E-state index in [1.54, 1.807) is 37.7 Å². The van der Waals surface area contributed by atoms with E-state index in [-0.39, 0.29) is 11.9 Å². The van der Waals surface area contributed by atoms with Gasteiger partial charge in [0.25, 0.3) is 0 Å². The summed E-state index contributed by atoms with van der Waals surface area (Å²) in [5, 5.41) is 0. The number of hydrogen-bond acceptors (Lipinski definition) is 3. The molecule has 0 saturated heterocycles. The van der Waals surface area contributed by atoms with Gasteiger partial charge in [0.05, 0.1) is 13.2 Å². The second-order valence-corrected chi connectivity index (χ2v) is 6.80. The van der Waals surface area contributed by atoms with Crippen molar-refractivity contribution < 1.29 is 18.3 Å². The van der Waals surface area contributed by atoms with Crippen molar-refractivity contribution in [3.63, 3.8) is 0 Å². The molecule has 1 atom stereocenters. The minimum Gasteiger partial charge on any atom is -0.497 e. The van der Waals surface area contributed by atoms with Crippen molar-refractivity contribution in [2.45, 2.75) is 24.3 Å². The predicted molar refractivity (Wildman–Crippen MR) is 95.9 cm³/mol. The van der Waals surface area contributed by atoms with Gasteiger partial charge < -0.3 is 9.64 Å². The first kappa shape index (κ1) is 19.2. The molecule has 6 heteroatoms. The molecular weight excluding hydrogens is 344 g/mol. The Bertz CT molecular complexity index is 722. The summed E-state index contributed by atoms with van der Waals surface area (Å²) in [4.78, 5) is 14.9. The highest BCUT2D eigenvalue weighted by molar-refractivity contribution is 7.99. The topological polar surface area (TPSA) is 29.5 Å². The molecule has 2 rings (SSSR count). The monoisotopic (exact) mass is 365 g/mol. The van der Waals surface area contributed by atoms with Crippen molar-refractivity contribution in [2.24, 2.45) is 0 Å². The summed E-state index contributed by atoms with van der Waals surface area (Å²) in [6.07, 6.45) is 0.362. The van der Waals surface area contributed by atoms with Crippen LogP contribution in [-0.4, -0.2) is 30.7 Å². The van der Waals surface area contributed by atoms with Crippen LogP contribution in [0.15, 0.2) is 47.4 Å². The quantitative estimate of drug-likeness (QED) is 0.668. The summed E-state index contributed by atoms with van der Waals surface area (Å²) in [5.41, 5.74) is 0.567. The lowest BCUT2D eigenvalue weighted by Crippen LogP contribution is -2.30. The van der Waals surface area contributed by atoms with Gasteiger partial charge in [-0.2, -0.15) is 0 Å². The largest absolute Gasteiger partial charge is 0.497 e. The van der Waals surface area contributed by atoms with Crippen molar-refractivity contribution >= 4 is 17.7 Å². The molecule has 0 saturated carbocycles. The van der Waals surface area contributed by atoms with Gasteiger partial charge >= 0.3 is 0 Å². The van der Waals surface area contributed by atoms with Crippen LogP contribution in [0.5, 0.6) is 5.75 Å². The molecule has 0 aliphatic heterocycles. The summed E-state index contributed by atoms with van der Waals surface area (Å²) in [6, 6.07) is 11.0. The molecule has 0 N–H and O–H groups in total. The van der Waals surface area contributed by atoms with Crippen molar-refractivity contribution in [3.8, 4) is 5.75 Å². The fourth-order valence-electron chi connectivity index (χ4n) is 2.32. The molecule has 2 aromatic rings. The summed E-state index contributed by atoms with van der Waals surface area (Å²) >= 11 is 1.58. The molecule has 134 valence electrons. The summed E-state index contributed by atoms with van der Waals surface area (Å²) in [7, 11) is 3.29. The zero-order chi connectivity index (χ0) is 18.4. The first-order valence-electron chi connectivity index (χ1n) is 7.90. The maximum Gasteiger partial charge on any atom is 0.223 e. The van der Waals surface area contributed by atoms with Crippen LogP contribution in [0.4, 0.5) is 8.78 Å². The van der Waals surface area contributed by atoms with Gasteiger partial charge in [0.15, 0.2) is 11.6 Å². The highest BCUT2D eigenvalue weighted by Gasteiger charge is 2.18. The van der Waals surface area contributed by atoms with E-state index >= 15 is 0 Å². The predicted octanol–water partition coefficient (Wildman–Crippen LogP) is 4.68. The third kappa shape index (κ3) is 5.19. The molecule has 2 aromatic carbocycles. The van der Waals surface area contributed by atoms with Crippen LogP contribution in [0.2, 0.25) is 0 Å². The smallest absolute Gasteiger partial charge is 0.223 e. The van der Waals surface area contributed by atoms with Crippen LogP contribution >= 0.6 is 11.8 Å². The van der Waals surface area contributed by atoms with Crippen LogP contribution < -0.4 is 4.74 Å². The molecule has 0 heterocycles. The maximum atomic E-state index is 13.4. The van der Waals surface area contributed by atoms with Crippen molar-refractivity contribution in [1.82, 2.24) is 4.90 Å². The average molecular weight is 365 g/mol. The van der Waals surface area contributed by atoms with Crippen LogP contribution in [0.25, 0.3) is 0 Å². The van der Waals surface area contributed by atoms with E-state index in [0.717, 1.165) is 22.8 Å². The van der Waals surface area contributed by atoms with Gasteiger partial charge in [-0.15, -0.1) is 11.8 Å². The Hall–Kier alpha value is -2.08. The van der Waals surface area contributed by atoms with E-state index in [1.165, 1.54) is 6.07 Å². The molecule has 25 heavy (non-hydrogen) atoms. The highest BCUT2D eigenvalue weighted by Crippen LogP contribution is 2.24. The highest BCUT2D eigenvalue weighted by atomic mass is 32.2. The zero-order valence-electron chi connectivity index (χ0n) is 14.5. The van der Waals surface area contributed by atoms with Gasteiger partial charge in [-0.1, -0.05) is 6.07 Å². The number of carbonyl (C=O) groups excluding carboxylic acids is 1. The summed E-state index contributed by atoms with van der Waals surface area (Å²) in [5.74, 6) is -0.403. The van der Waals surface area contributed by atoms with E-state index < -0.39 is 11.6 Å². The number of carbonyl (C=O) groups is 1. The van der Waals surface area contributed by atoms with Gasteiger partial charge in [0.1, 0.15) is 5.75 Å². The number of thioether (sulfide) groups is 1. The number of nitrogens with zero attached hydrogens (tertiary/aromatic N) is 1. The number of methoxy groups -OCH3 is 1. The van der Waals surface area contributed by atoms with Crippen molar-refractivity contribution in [2.75, 3.05) is 19.9 Å². The Balaban J connectivity index is 1.87. The number of benzene rings is 2. The summed E-state index contributed by atoms with van der Waals surface area (Å²) < 4.78 is 31.5. The van der Waals surface area contributed by atoms with E-state index in [0.29, 0.717) is 17.7 Å².